The fourth-order valence-corrected chi connectivity index (χ4v) is 4.59. The van der Waals surface area contributed by atoms with E-state index in [1.54, 1.807) is 0 Å². The van der Waals surface area contributed by atoms with E-state index in [9.17, 15) is 14.9 Å². The van der Waals surface area contributed by atoms with Crippen LogP contribution in [0, 0.1) is 11.3 Å². The molecule has 11 heteroatoms. The topological polar surface area (TPSA) is 139 Å². The lowest BCUT2D eigenvalue weighted by molar-refractivity contribution is 0.00694. The maximum absolute atomic E-state index is 15.8. The average molecular weight is 509 g/mol. The highest BCUT2D eigenvalue weighted by atomic mass is 19.1. The van der Waals surface area contributed by atoms with Crippen LogP contribution >= 0.6 is 0 Å². The minimum atomic E-state index is -1.47. The summed E-state index contributed by atoms with van der Waals surface area (Å²) in [4.78, 5) is 25.6. The number of likely N-dealkylation sites (tertiary alicyclic amines) is 1. The normalized spacial score (nSPS) is 19.8. The van der Waals surface area contributed by atoms with Crippen LogP contribution in [-0.4, -0.2) is 53.1 Å². The number of piperidine rings is 1. The van der Waals surface area contributed by atoms with Gasteiger partial charge in [0.2, 0.25) is 0 Å². The number of hydrogen-bond donors (Lipinski definition) is 2. The van der Waals surface area contributed by atoms with Gasteiger partial charge in [-0.05, 0) is 24.1 Å². The lowest BCUT2D eigenvalue weighted by atomic mass is 9.83. The second-order valence-electron chi connectivity index (χ2n) is 9.02. The summed E-state index contributed by atoms with van der Waals surface area (Å²) in [5.74, 6) is 0.744. The summed E-state index contributed by atoms with van der Waals surface area (Å²) >= 11 is 0. The summed E-state index contributed by atoms with van der Waals surface area (Å²) in [6.07, 6.45) is -0.110. The zero-order valence-corrected chi connectivity index (χ0v) is 20.7. The van der Waals surface area contributed by atoms with Gasteiger partial charge in [-0.25, -0.2) is 9.18 Å². The Morgan fingerprint density at radius 2 is 2.08 bits per heavy atom. The van der Waals surface area contributed by atoms with Crippen molar-refractivity contribution in [1.29, 1.82) is 5.26 Å². The molecule has 37 heavy (non-hydrogen) atoms. The van der Waals surface area contributed by atoms with Gasteiger partial charge >= 0.3 is 6.09 Å². The molecular weight excluding hydrogens is 479 g/mol. The Morgan fingerprint density at radius 1 is 1.32 bits per heavy atom. The lowest BCUT2D eigenvalue weighted by Crippen LogP contribution is -2.54. The summed E-state index contributed by atoms with van der Waals surface area (Å²) in [6, 6.07) is 13.9. The van der Waals surface area contributed by atoms with Crippen molar-refractivity contribution in [3.8, 4) is 17.4 Å². The number of halogens is 1. The molecule has 1 fully saturated rings. The number of benzene rings is 1. The third-order valence-electron chi connectivity index (χ3n) is 6.74. The van der Waals surface area contributed by atoms with E-state index in [-0.39, 0.29) is 30.8 Å². The van der Waals surface area contributed by atoms with Gasteiger partial charge in [-0.15, -0.1) is 0 Å². The summed E-state index contributed by atoms with van der Waals surface area (Å²) in [5.41, 5.74) is 6.01. The number of carbonyl (C=O) groups excluding carboxylic acids is 2. The number of anilines is 1. The Balaban J connectivity index is 1.50. The van der Waals surface area contributed by atoms with Crippen LogP contribution in [-0.2, 0) is 23.2 Å². The Hall–Kier alpha value is -4.17. The molecule has 3 aromatic rings. The average Bonchev–Trinajstić information content (AvgIpc) is 3.54. The Labute approximate surface area is 213 Å². The summed E-state index contributed by atoms with van der Waals surface area (Å²) in [5, 5.41) is 16.1. The smallest absolute Gasteiger partial charge is 0.412 e. The molecule has 1 saturated heterocycles. The molecule has 4 rings (SSSR count). The highest BCUT2D eigenvalue weighted by Crippen LogP contribution is 2.37. The largest absolute Gasteiger partial charge is 0.461 e. The number of aryl methyl sites for hydroxylation is 1. The fraction of sp³-hybridized carbons (Fsp3) is 0.385. The number of alkyl halides is 1. The molecule has 2 aromatic heterocycles. The van der Waals surface area contributed by atoms with Crippen LogP contribution in [0.5, 0.6) is 0 Å². The first-order valence-corrected chi connectivity index (χ1v) is 12.0. The van der Waals surface area contributed by atoms with Crippen molar-refractivity contribution in [3.63, 3.8) is 0 Å². The molecule has 1 aliphatic rings. The second kappa shape index (κ2) is 10.8. The number of amides is 2. The standard InChI is InChI=1S/C26H29FN6O4/c1-3-19-8-9-21(37-19)18-6-4-17(5-7-18)14-32-13-11-26(10-12-28,22(27)16-32)33-15-20(23(29)34)24(31-33)30-25(35)36-2/h4-9,15,22H,3,10-11,13-14,16H2,1-2H3,(H2,29,34)(H,30,31,35). The van der Waals surface area contributed by atoms with Gasteiger partial charge in [0.1, 0.15) is 28.8 Å². The number of aromatic nitrogens is 2. The number of rotatable bonds is 8. The maximum Gasteiger partial charge on any atom is 0.412 e. The molecule has 2 atom stereocenters. The molecule has 1 aromatic carbocycles. The minimum Gasteiger partial charge on any atom is -0.461 e. The highest BCUT2D eigenvalue weighted by Gasteiger charge is 2.46. The number of nitriles is 1. The van der Waals surface area contributed by atoms with E-state index in [0.29, 0.717) is 13.1 Å². The molecule has 0 saturated carbocycles. The Bertz CT molecular complexity index is 1310. The van der Waals surface area contributed by atoms with Crippen LogP contribution in [0.15, 0.2) is 47.0 Å². The van der Waals surface area contributed by atoms with Gasteiger partial charge in [0.05, 0.1) is 19.6 Å². The van der Waals surface area contributed by atoms with E-state index in [1.165, 1.54) is 10.9 Å². The van der Waals surface area contributed by atoms with E-state index in [4.69, 9.17) is 10.2 Å². The molecule has 2 amide bonds. The number of furan rings is 1. The van der Waals surface area contributed by atoms with Crippen LogP contribution in [0.1, 0.15) is 41.4 Å². The van der Waals surface area contributed by atoms with Gasteiger partial charge in [0.25, 0.3) is 5.91 Å². The first-order chi connectivity index (χ1) is 17.8. The van der Waals surface area contributed by atoms with Crippen molar-refractivity contribution in [1.82, 2.24) is 14.7 Å². The van der Waals surface area contributed by atoms with E-state index < -0.39 is 23.7 Å². The molecule has 10 nitrogen and oxygen atoms in total. The molecule has 3 N–H and O–H groups in total. The quantitative estimate of drug-likeness (QED) is 0.471. The van der Waals surface area contributed by atoms with Gasteiger partial charge < -0.3 is 14.9 Å². The third kappa shape index (κ3) is 5.34. The van der Waals surface area contributed by atoms with E-state index in [2.05, 4.69) is 21.2 Å². The summed E-state index contributed by atoms with van der Waals surface area (Å²) in [6.45, 7) is 3.12. The maximum atomic E-state index is 15.8. The predicted octanol–water partition coefficient (Wildman–Crippen LogP) is 3.84. The number of primary amides is 1. The van der Waals surface area contributed by atoms with Crippen LogP contribution in [0.25, 0.3) is 11.3 Å². The lowest BCUT2D eigenvalue weighted by Gasteiger charge is -2.43. The first-order valence-electron chi connectivity index (χ1n) is 12.0. The van der Waals surface area contributed by atoms with E-state index in [1.807, 2.05) is 48.2 Å². The van der Waals surface area contributed by atoms with Crippen molar-refractivity contribution in [2.24, 2.45) is 5.73 Å². The third-order valence-corrected chi connectivity index (χ3v) is 6.74. The van der Waals surface area contributed by atoms with Crippen LogP contribution < -0.4 is 11.1 Å². The van der Waals surface area contributed by atoms with Crippen LogP contribution in [0.2, 0.25) is 0 Å². The van der Waals surface area contributed by atoms with Gasteiger partial charge in [-0.2, -0.15) is 10.4 Å². The number of nitrogens with zero attached hydrogens (tertiary/aromatic N) is 4. The number of ether oxygens (including phenoxy) is 1. The number of nitrogens with one attached hydrogen (secondary N) is 1. The molecule has 0 spiro atoms. The predicted molar refractivity (Wildman–Crippen MR) is 133 cm³/mol. The first kappa shape index (κ1) is 25.9. The van der Waals surface area contributed by atoms with Crippen molar-refractivity contribution in [3.05, 3.63) is 59.5 Å². The van der Waals surface area contributed by atoms with Crippen LogP contribution in [0.3, 0.4) is 0 Å². The van der Waals surface area contributed by atoms with E-state index in [0.717, 1.165) is 36.2 Å². The molecule has 2 unspecified atom stereocenters. The number of methoxy groups -OCH3 is 1. The monoisotopic (exact) mass is 508 g/mol. The number of carbonyl (C=O) groups is 2. The van der Waals surface area contributed by atoms with Crippen molar-refractivity contribution >= 4 is 17.8 Å². The highest BCUT2D eigenvalue weighted by molar-refractivity contribution is 6.00. The van der Waals surface area contributed by atoms with Crippen LogP contribution in [0.4, 0.5) is 15.0 Å². The number of hydrogen-bond acceptors (Lipinski definition) is 7. The van der Waals surface area contributed by atoms with E-state index >= 15 is 4.39 Å². The summed E-state index contributed by atoms with van der Waals surface area (Å²) < 4.78 is 27.4. The fourth-order valence-electron chi connectivity index (χ4n) is 4.59. The Morgan fingerprint density at radius 3 is 2.68 bits per heavy atom. The van der Waals surface area contributed by atoms with Crippen molar-refractivity contribution < 1.29 is 23.1 Å². The Kier molecular flexibility index (Phi) is 7.59. The van der Waals surface area contributed by atoms with Gasteiger partial charge in [0, 0.05) is 37.8 Å². The zero-order chi connectivity index (χ0) is 26.6. The van der Waals surface area contributed by atoms with Crippen molar-refractivity contribution in [2.45, 2.75) is 44.4 Å². The molecular formula is C26H29FN6O4. The molecule has 0 radical (unpaired) electrons. The molecule has 3 heterocycles. The molecule has 0 aliphatic carbocycles. The van der Waals surface area contributed by atoms with Gasteiger partial charge in [-0.3, -0.25) is 19.7 Å². The number of nitrogens with two attached hydrogens (primary N) is 1. The zero-order valence-electron chi connectivity index (χ0n) is 20.7. The summed E-state index contributed by atoms with van der Waals surface area (Å²) in [7, 11) is 1.16. The van der Waals surface area contributed by atoms with Crippen molar-refractivity contribution in [2.75, 3.05) is 25.5 Å². The van der Waals surface area contributed by atoms with Gasteiger partial charge in [0.15, 0.2) is 5.82 Å². The molecule has 0 bridgehead atoms. The molecule has 194 valence electrons. The minimum absolute atomic E-state index is 0.0625. The van der Waals surface area contributed by atoms with Gasteiger partial charge in [-0.1, -0.05) is 31.2 Å². The SMILES string of the molecule is CCc1ccc(-c2ccc(CN3CCC(CC#N)(n4cc(C(N)=O)c(NC(=O)OC)n4)C(F)C3)cc2)o1. The molecule has 1 aliphatic heterocycles. The second-order valence-corrected chi connectivity index (χ2v) is 9.02.